The predicted molar refractivity (Wildman–Crippen MR) is 123 cm³/mol. The first kappa shape index (κ1) is 23.1. The van der Waals surface area contributed by atoms with Crippen molar-refractivity contribution in [3.8, 4) is 0 Å². The molecule has 1 aromatic rings. The van der Waals surface area contributed by atoms with Gasteiger partial charge in [0.1, 0.15) is 5.82 Å². The van der Waals surface area contributed by atoms with E-state index in [4.69, 9.17) is 14.2 Å². The van der Waals surface area contributed by atoms with E-state index in [0.29, 0.717) is 29.9 Å². The van der Waals surface area contributed by atoms with Gasteiger partial charge >= 0.3 is 11.9 Å². The number of rotatable bonds is 7. The van der Waals surface area contributed by atoms with Gasteiger partial charge in [0.15, 0.2) is 0 Å². The van der Waals surface area contributed by atoms with Gasteiger partial charge in [0, 0.05) is 18.9 Å². The maximum absolute atomic E-state index is 13.5. The molecule has 34 heavy (non-hydrogen) atoms. The summed E-state index contributed by atoms with van der Waals surface area (Å²) in [4.78, 5) is 27.2. The molecule has 6 rings (SSSR count). The van der Waals surface area contributed by atoms with Gasteiger partial charge in [0.2, 0.25) is 0 Å². The van der Waals surface area contributed by atoms with Crippen LogP contribution in [0, 0.1) is 23.6 Å². The Labute approximate surface area is 199 Å². The van der Waals surface area contributed by atoms with Crippen LogP contribution in [0.2, 0.25) is 0 Å². The maximum Gasteiger partial charge on any atom is 0.336 e. The van der Waals surface area contributed by atoms with Crippen molar-refractivity contribution in [3.63, 3.8) is 0 Å². The Kier molecular flexibility index (Phi) is 6.23. The minimum Gasteiger partial charge on any atom is -0.466 e. The average Bonchev–Trinajstić information content (AvgIpc) is 2.82. The summed E-state index contributed by atoms with van der Waals surface area (Å²) in [6, 6.07) is 5.76. The largest absolute Gasteiger partial charge is 0.466 e. The number of esters is 2. The number of benzene rings is 1. The maximum atomic E-state index is 13.5. The Balaban J connectivity index is 1.36. The average molecular weight is 470 g/mol. The van der Waals surface area contributed by atoms with Gasteiger partial charge in [-0.15, -0.1) is 0 Å². The van der Waals surface area contributed by atoms with E-state index in [-0.39, 0.29) is 5.60 Å². The number of carbonyl (C=O) groups excluding carboxylic acids is 2. The number of carbonyl (C=O) groups is 2. The molecule has 7 heteroatoms. The lowest BCUT2D eigenvalue weighted by Crippen LogP contribution is -2.52. The summed E-state index contributed by atoms with van der Waals surface area (Å²) in [7, 11) is 2.61. The molecule has 5 aliphatic rings. The minimum atomic E-state index is -0.708. The van der Waals surface area contributed by atoms with Crippen molar-refractivity contribution in [1.82, 2.24) is 4.90 Å². The monoisotopic (exact) mass is 469 g/mol. The lowest BCUT2D eigenvalue weighted by atomic mass is 9.54. The van der Waals surface area contributed by atoms with E-state index >= 15 is 0 Å². The Bertz CT molecular complexity index is 945. The first-order valence-corrected chi connectivity index (χ1v) is 12.1. The molecule has 182 valence electrons. The van der Waals surface area contributed by atoms with E-state index in [1.54, 1.807) is 29.4 Å². The molecular weight excluding hydrogens is 437 g/mol. The normalized spacial score (nSPS) is 30.1. The molecule has 0 radical (unpaired) electrons. The third kappa shape index (κ3) is 4.38. The third-order valence-electron chi connectivity index (χ3n) is 8.02. The SMILES string of the molecule is COC(=O)C1=CN(CCOC23CC4CC(CC(C4)C2)C3)C=C(C(=O)OC)C1c1ccc(F)cc1. The van der Waals surface area contributed by atoms with Crippen molar-refractivity contribution in [2.45, 2.75) is 50.0 Å². The predicted octanol–water partition coefficient (Wildman–Crippen LogP) is 4.32. The van der Waals surface area contributed by atoms with E-state index < -0.39 is 23.7 Å². The number of hydrogen-bond donors (Lipinski definition) is 0. The van der Waals surface area contributed by atoms with Crippen LogP contribution in [0.3, 0.4) is 0 Å². The van der Waals surface area contributed by atoms with Gasteiger partial charge < -0.3 is 19.1 Å². The second-order valence-corrected chi connectivity index (χ2v) is 10.3. The van der Waals surface area contributed by atoms with Crippen molar-refractivity contribution in [2.75, 3.05) is 27.4 Å². The molecule has 6 nitrogen and oxygen atoms in total. The molecule has 0 saturated heterocycles. The summed E-state index contributed by atoms with van der Waals surface area (Å²) in [5.74, 6) is 0.209. The highest BCUT2D eigenvalue weighted by Crippen LogP contribution is 2.57. The number of halogens is 1. The molecule has 0 unspecified atom stereocenters. The Morgan fingerprint density at radius 2 is 1.41 bits per heavy atom. The van der Waals surface area contributed by atoms with Crippen molar-refractivity contribution >= 4 is 11.9 Å². The quantitative estimate of drug-likeness (QED) is 0.554. The first-order chi connectivity index (χ1) is 16.4. The van der Waals surface area contributed by atoms with E-state index in [1.807, 2.05) is 0 Å². The molecule has 4 aliphatic carbocycles. The Hall–Kier alpha value is -2.67. The molecular formula is C27H32FNO5. The van der Waals surface area contributed by atoms with Crippen molar-refractivity contribution < 1.29 is 28.2 Å². The van der Waals surface area contributed by atoms with E-state index in [9.17, 15) is 14.0 Å². The Morgan fingerprint density at radius 3 is 1.88 bits per heavy atom. The summed E-state index contributed by atoms with van der Waals surface area (Å²) in [6.07, 6.45) is 10.9. The second kappa shape index (κ2) is 9.17. The molecule has 0 aromatic heterocycles. The number of hydrogen-bond acceptors (Lipinski definition) is 6. The summed E-state index contributed by atoms with van der Waals surface area (Å²) in [5, 5.41) is 0. The van der Waals surface area contributed by atoms with Gasteiger partial charge in [0.05, 0.1) is 43.5 Å². The standard InChI is InChI=1S/C27H32FNO5/c1-32-25(30)22-15-29(7-8-34-27-12-17-9-18(13-27)11-19(10-17)14-27)16-23(26(31)33-2)24(22)20-3-5-21(28)6-4-20/h3-6,15-19,24H,7-14H2,1-2H3. The molecule has 0 spiro atoms. The molecule has 0 atom stereocenters. The molecule has 0 amide bonds. The second-order valence-electron chi connectivity index (χ2n) is 10.3. The van der Waals surface area contributed by atoms with E-state index in [2.05, 4.69) is 0 Å². The topological polar surface area (TPSA) is 65.1 Å². The number of nitrogens with zero attached hydrogens (tertiary/aromatic N) is 1. The van der Waals surface area contributed by atoms with Crippen molar-refractivity contribution in [1.29, 1.82) is 0 Å². The number of ether oxygens (including phenoxy) is 3. The fourth-order valence-corrected chi connectivity index (χ4v) is 7.01. The van der Waals surface area contributed by atoms with Crippen LogP contribution in [0.1, 0.15) is 50.0 Å². The summed E-state index contributed by atoms with van der Waals surface area (Å²) in [5.41, 5.74) is 1.20. The van der Waals surface area contributed by atoms with Gasteiger partial charge in [-0.3, -0.25) is 0 Å². The lowest BCUT2D eigenvalue weighted by Gasteiger charge is -2.56. The van der Waals surface area contributed by atoms with Crippen LogP contribution in [-0.2, 0) is 23.8 Å². The molecule has 1 aromatic carbocycles. The van der Waals surface area contributed by atoms with Crippen LogP contribution in [0.5, 0.6) is 0 Å². The molecule has 1 aliphatic heterocycles. The van der Waals surface area contributed by atoms with Gasteiger partial charge in [0.25, 0.3) is 0 Å². The van der Waals surface area contributed by atoms with Crippen LogP contribution in [0.25, 0.3) is 0 Å². The fourth-order valence-electron chi connectivity index (χ4n) is 7.01. The molecule has 4 fully saturated rings. The van der Waals surface area contributed by atoms with Crippen LogP contribution >= 0.6 is 0 Å². The minimum absolute atomic E-state index is 0.00896. The molecule has 4 bridgehead atoms. The highest BCUT2D eigenvalue weighted by Gasteiger charge is 2.51. The smallest absolute Gasteiger partial charge is 0.336 e. The van der Waals surface area contributed by atoms with Crippen LogP contribution < -0.4 is 0 Å². The first-order valence-electron chi connectivity index (χ1n) is 12.1. The van der Waals surface area contributed by atoms with Gasteiger partial charge in [-0.2, -0.15) is 0 Å². The zero-order chi connectivity index (χ0) is 23.9. The molecule has 1 heterocycles. The van der Waals surface area contributed by atoms with Gasteiger partial charge in [-0.25, -0.2) is 14.0 Å². The van der Waals surface area contributed by atoms with Crippen molar-refractivity contribution in [3.05, 3.63) is 59.2 Å². The van der Waals surface area contributed by atoms with E-state index in [0.717, 1.165) is 37.0 Å². The van der Waals surface area contributed by atoms with Crippen LogP contribution in [0.15, 0.2) is 47.8 Å². The molecule has 4 saturated carbocycles. The van der Waals surface area contributed by atoms with Crippen LogP contribution in [-0.4, -0.2) is 49.8 Å². The zero-order valence-electron chi connectivity index (χ0n) is 19.8. The van der Waals surface area contributed by atoms with Crippen molar-refractivity contribution in [2.24, 2.45) is 17.8 Å². The highest BCUT2D eigenvalue weighted by atomic mass is 19.1. The number of methoxy groups -OCH3 is 2. The molecule has 0 N–H and O–H groups in total. The Morgan fingerprint density at radius 1 is 0.912 bits per heavy atom. The summed E-state index contributed by atoms with van der Waals surface area (Å²) < 4.78 is 30.1. The highest BCUT2D eigenvalue weighted by molar-refractivity contribution is 5.98. The van der Waals surface area contributed by atoms with Crippen LogP contribution in [0.4, 0.5) is 4.39 Å². The zero-order valence-corrected chi connectivity index (χ0v) is 19.8. The summed E-state index contributed by atoms with van der Waals surface area (Å²) >= 11 is 0. The summed E-state index contributed by atoms with van der Waals surface area (Å²) in [6.45, 7) is 1.00. The fraction of sp³-hybridized carbons (Fsp3) is 0.556. The lowest BCUT2D eigenvalue weighted by molar-refractivity contribution is -0.162. The van der Waals surface area contributed by atoms with Gasteiger partial charge in [-0.1, -0.05) is 12.1 Å². The third-order valence-corrected chi connectivity index (χ3v) is 8.02. The van der Waals surface area contributed by atoms with E-state index in [1.165, 1.54) is 45.6 Å². The van der Waals surface area contributed by atoms with Gasteiger partial charge in [-0.05, 0) is 74.0 Å².